The van der Waals surface area contributed by atoms with Crippen LogP contribution in [0.25, 0.3) is 76.2 Å². The summed E-state index contributed by atoms with van der Waals surface area (Å²) < 4.78 is 14.0. The van der Waals surface area contributed by atoms with Crippen LogP contribution in [0.15, 0.2) is 167 Å². The largest absolute Gasteiger partial charge is 0.454 e. The normalized spacial score (nSPS) is 12.6. The van der Waals surface area contributed by atoms with Crippen LogP contribution in [0, 0.1) is 27.7 Å². The molecule has 0 spiro atoms. The molecule has 334 valence electrons. The average molecular weight is 885 g/mol. The van der Waals surface area contributed by atoms with Crippen molar-refractivity contribution in [3.63, 3.8) is 0 Å². The second-order valence-corrected chi connectivity index (χ2v) is 21.2. The Bertz CT molecular complexity index is 3700. The highest BCUT2D eigenvalue weighted by molar-refractivity contribution is 6.29. The molecule has 68 heavy (non-hydrogen) atoms. The molecular weight excluding hydrogens is 829 g/mol. The zero-order chi connectivity index (χ0) is 47.0. The summed E-state index contributed by atoms with van der Waals surface area (Å²) in [5, 5.41) is 11.7. The molecular formula is C64H56N2O2. The summed E-state index contributed by atoms with van der Waals surface area (Å²) >= 11 is 0. The Hall–Kier alpha value is -7.56. The lowest BCUT2D eigenvalue weighted by molar-refractivity contribution is 0.590. The van der Waals surface area contributed by atoms with Crippen molar-refractivity contribution in [1.82, 2.24) is 0 Å². The van der Waals surface area contributed by atoms with Crippen LogP contribution in [0.1, 0.15) is 74.9 Å². The third kappa shape index (κ3) is 6.34. The Morgan fingerprint density at radius 3 is 1.06 bits per heavy atom. The molecule has 0 aliphatic rings. The van der Waals surface area contributed by atoms with E-state index in [1.807, 2.05) is 0 Å². The van der Waals surface area contributed by atoms with E-state index in [0.29, 0.717) is 0 Å². The highest BCUT2D eigenvalue weighted by Crippen LogP contribution is 2.52. The molecule has 10 aromatic carbocycles. The Morgan fingerprint density at radius 2 is 0.676 bits per heavy atom. The van der Waals surface area contributed by atoms with E-state index in [-0.39, 0.29) is 10.8 Å². The van der Waals surface area contributed by atoms with Crippen molar-refractivity contribution in [1.29, 1.82) is 0 Å². The highest BCUT2D eigenvalue weighted by atomic mass is 16.3. The predicted molar refractivity (Wildman–Crippen MR) is 290 cm³/mol. The van der Waals surface area contributed by atoms with Gasteiger partial charge in [0.05, 0.1) is 22.7 Å². The summed E-state index contributed by atoms with van der Waals surface area (Å²) in [4.78, 5) is 4.90. The van der Waals surface area contributed by atoms with E-state index in [1.54, 1.807) is 0 Å². The third-order valence-electron chi connectivity index (χ3n) is 14.6. The first-order chi connectivity index (χ1) is 32.7. The van der Waals surface area contributed by atoms with Crippen LogP contribution in [0.2, 0.25) is 0 Å². The smallest absolute Gasteiger partial charge is 0.159 e. The van der Waals surface area contributed by atoms with E-state index in [1.165, 1.54) is 43.4 Å². The summed E-state index contributed by atoms with van der Waals surface area (Å²) in [5.41, 5.74) is 17.2. The lowest BCUT2D eigenvalue weighted by Crippen LogP contribution is -2.15. The second-order valence-electron chi connectivity index (χ2n) is 21.2. The number of fused-ring (bicyclic) bond motifs is 6. The summed E-state index contributed by atoms with van der Waals surface area (Å²) in [5.74, 6) is 0. The quantitative estimate of drug-likeness (QED) is 0.156. The van der Waals surface area contributed by atoms with E-state index in [9.17, 15) is 0 Å². The Kier molecular flexibility index (Phi) is 9.21. The predicted octanol–water partition coefficient (Wildman–Crippen LogP) is 19.2. The van der Waals surface area contributed by atoms with Crippen molar-refractivity contribution in [2.75, 3.05) is 9.80 Å². The van der Waals surface area contributed by atoms with Crippen molar-refractivity contribution in [2.45, 2.75) is 80.1 Å². The van der Waals surface area contributed by atoms with Gasteiger partial charge in [-0.15, -0.1) is 0 Å². The van der Waals surface area contributed by atoms with Gasteiger partial charge in [-0.25, -0.2) is 0 Å². The third-order valence-corrected chi connectivity index (χ3v) is 14.6. The van der Waals surface area contributed by atoms with Gasteiger partial charge in [0.2, 0.25) is 0 Å². The molecule has 0 amide bonds. The number of hydrogen-bond acceptors (Lipinski definition) is 4. The first-order valence-electron chi connectivity index (χ1n) is 24.0. The number of hydrogen-bond donors (Lipinski definition) is 0. The van der Waals surface area contributed by atoms with Gasteiger partial charge in [0.25, 0.3) is 0 Å². The van der Waals surface area contributed by atoms with Crippen molar-refractivity contribution in [3.05, 3.63) is 191 Å². The molecule has 0 aliphatic carbocycles. The zero-order valence-electron chi connectivity index (χ0n) is 40.7. The maximum Gasteiger partial charge on any atom is 0.159 e. The van der Waals surface area contributed by atoms with E-state index < -0.39 is 0 Å². The van der Waals surface area contributed by atoms with Gasteiger partial charge >= 0.3 is 0 Å². The van der Waals surface area contributed by atoms with Gasteiger partial charge in [0.15, 0.2) is 11.2 Å². The summed E-state index contributed by atoms with van der Waals surface area (Å²) in [6.45, 7) is 22.3. The summed E-state index contributed by atoms with van der Waals surface area (Å²) in [6, 6.07) is 58.7. The molecule has 4 nitrogen and oxygen atoms in total. The van der Waals surface area contributed by atoms with E-state index in [2.05, 4.69) is 237 Å². The number of benzene rings is 10. The lowest BCUT2D eigenvalue weighted by atomic mass is 9.87. The Labute approximate surface area is 398 Å². The lowest BCUT2D eigenvalue weighted by Gasteiger charge is -2.31. The zero-order valence-corrected chi connectivity index (χ0v) is 40.7. The highest BCUT2D eigenvalue weighted by Gasteiger charge is 2.28. The van der Waals surface area contributed by atoms with Crippen molar-refractivity contribution >= 4 is 110 Å². The monoisotopic (exact) mass is 884 g/mol. The molecule has 0 saturated heterocycles. The fourth-order valence-electron chi connectivity index (χ4n) is 10.9. The van der Waals surface area contributed by atoms with Crippen molar-refractivity contribution < 1.29 is 8.83 Å². The SMILES string of the molecule is Cc1ccc2c(oc3c(C)cccc32)c1N(c1ccc(C(C)(C)C)cc1)c1ccc2ccc3c(N(c4ccc(C(C)(C)C)cc4)c4c(C)ccc5c4oc4c(C)cccc45)ccc4ccc1c2c43. The maximum atomic E-state index is 6.99. The molecule has 4 heteroatoms. The molecule has 0 fully saturated rings. The first kappa shape index (κ1) is 41.8. The van der Waals surface area contributed by atoms with Crippen LogP contribution in [0.3, 0.4) is 0 Å². The van der Waals surface area contributed by atoms with Gasteiger partial charge < -0.3 is 18.6 Å². The minimum atomic E-state index is 0.0101. The standard InChI is InChI=1S/C64H56N2O2/c1-37-17-31-49-47-15-11-13-39(3)59(47)67-61(49)57(37)65(45-27-23-43(24-28-45)63(5,6)7)53-35-21-41-20-34-52-54(36-22-42-19-33-51(53)55(41)56(42)52)66(46-29-25-44(26-30-46)64(8,9)10)58-38(2)18-32-50-48-16-12-14-40(4)60(48)68-62(50)58/h11-36H,1-10H3. The number of rotatable bonds is 6. The van der Waals surface area contributed by atoms with E-state index in [4.69, 9.17) is 8.83 Å². The van der Waals surface area contributed by atoms with Crippen LogP contribution in [-0.2, 0) is 10.8 Å². The molecule has 12 rings (SSSR count). The number of para-hydroxylation sites is 2. The molecule has 0 aliphatic heterocycles. The fourth-order valence-corrected chi connectivity index (χ4v) is 10.9. The minimum Gasteiger partial charge on any atom is -0.454 e. The molecule has 0 saturated carbocycles. The molecule has 0 bridgehead atoms. The van der Waals surface area contributed by atoms with Gasteiger partial charge in [-0.3, -0.25) is 0 Å². The molecule has 0 radical (unpaired) electrons. The molecule has 0 N–H and O–H groups in total. The van der Waals surface area contributed by atoms with E-state index >= 15 is 0 Å². The first-order valence-corrected chi connectivity index (χ1v) is 24.0. The van der Waals surface area contributed by atoms with E-state index in [0.717, 1.165) is 100 Å². The number of aryl methyl sites for hydroxylation is 4. The van der Waals surface area contributed by atoms with Crippen LogP contribution < -0.4 is 9.80 Å². The summed E-state index contributed by atoms with van der Waals surface area (Å²) in [7, 11) is 0. The van der Waals surface area contributed by atoms with Gasteiger partial charge in [0.1, 0.15) is 11.2 Å². The van der Waals surface area contributed by atoms with Crippen LogP contribution >= 0.6 is 0 Å². The fraction of sp³-hybridized carbons (Fsp3) is 0.188. The van der Waals surface area contributed by atoms with Crippen LogP contribution in [0.4, 0.5) is 34.1 Å². The molecule has 0 atom stereocenters. The van der Waals surface area contributed by atoms with Crippen molar-refractivity contribution in [2.24, 2.45) is 0 Å². The Balaban J connectivity index is 1.14. The number of nitrogens with zero attached hydrogens (tertiary/aromatic N) is 2. The molecule has 12 aromatic rings. The minimum absolute atomic E-state index is 0.0101. The van der Waals surface area contributed by atoms with Gasteiger partial charge in [0, 0.05) is 43.7 Å². The Morgan fingerprint density at radius 1 is 0.324 bits per heavy atom. The maximum absolute atomic E-state index is 6.99. The molecule has 0 unspecified atom stereocenters. The van der Waals surface area contributed by atoms with Gasteiger partial charge in [-0.2, -0.15) is 0 Å². The number of anilines is 6. The molecule has 2 aromatic heterocycles. The topological polar surface area (TPSA) is 32.8 Å². The van der Waals surface area contributed by atoms with Gasteiger partial charge in [-0.1, -0.05) is 163 Å². The van der Waals surface area contributed by atoms with Crippen molar-refractivity contribution in [3.8, 4) is 0 Å². The second kappa shape index (κ2) is 15.0. The number of furan rings is 2. The van der Waals surface area contributed by atoms with Crippen LogP contribution in [-0.4, -0.2) is 0 Å². The summed E-state index contributed by atoms with van der Waals surface area (Å²) in [6.07, 6.45) is 0. The average Bonchev–Trinajstić information content (AvgIpc) is 3.90. The van der Waals surface area contributed by atoms with Crippen LogP contribution in [0.5, 0.6) is 0 Å². The molecule has 2 heterocycles. The van der Waals surface area contributed by atoms with Gasteiger partial charge in [-0.05, 0) is 130 Å².